The molecule has 0 radical (unpaired) electrons. The van der Waals surface area contributed by atoms with E-state index < -0.39 is 11.7 Å². The molecule has 0 aliphatic carbocycles. The molecule has 126 valence electrons. The van der Waals surface area contributed by atoms with Crippen molar-refractivity contribution in [2.24, 2.45) is 0 Å². The van der Waals surface area contributed by atoms with Crippen molar-refractivity contribution in [3.8, 4) is 0 Å². The average molecular weight is 393 g/mol. The topological polar surface area (TPSA) is 58.2 Å². The first-order valence-electron chi connectivity index (χ1n) is 7.58. The van der Waals surface area contributed by atoms with Crippen molar-refractivity contribution >= 4 is 33.4 Å². The number of para-hydroxylation sites is 1. The Balaban J connectivity index is 2.23. The molecule has 0 saturated heterocycles. The Bertz CT molecular complexity index is 764. The summed E-state index contributed by atoms with van der Waals surface area (Å²) in [5, 5.41) is 5.58. The molecule has 1 unspecified atom stereocenters. The predicted molar refractivity (Wildman–Crippen MR) is 95.7 cm³/mol. The van der Waals surface area contributed by atoms with E-state index in [2.05, 4.69) is 26.6 Å². The smallest absolute Gasteiger partial charge is 0.256 e. The van der Waals surface area contributed by atoms with Gasteiger partial charge in [0.1, 0.15) is 5.82 Å². The van der Waals surface area contributed by atoms with Crippen molar-refractivity contribution in [2.75, 3.05) is 5.32 Å². The Morgan fingerprint density at radius 1 is 1.12 bits per heavy atom. The fourth-order valence-electron chi connectivity index (χ4n) is 2.06. The average Bonchev–Trinajstić information content (AvgIpc) is 2.54. The molecule has 24 heavy (non-hydrogen) atoms. The summed E-state index contributed by atoms with van der Waals surface area (Å²) in [7, 11) is 0. The number of hydrogen-bond donors (Lipinski definition) is 2. The number of benzene rings is 2. The molecule has 0 aliphatic rings. The van der Waals surface area contributed by atoms with E-state index in [9.17, 15) is 14.0 Å². The van der Waals surface area contributed by atoms with E-state index in [0.717, 1.165) is 6.42 Å². The SMILES string of the molecule is CCC(C)NC(=O)c1ccccc1NC(=O)c1ccc(F)cc1Br. The third kappa shape index (κ3) is 4.41. The number of rotatable bonds is 5. The third-order valence-electron chi connectivity index (χ3n) is 3.59. The Kier molecular flexibility index (Phi) is 6.09. The van der Waals surface area contributed by atoms with Crippen LogP contribution in [-0.4, -0.2) is 17.9 Å². The van der Waals surface area contributed by atoms with Crippen LogP contribution in [0.25, 0.3) is 0 Å². The molecule has 2 rings (SSSR count). The second-order valence-corrected chi connectivity index (χ2v) is 6.26. The van der Waals surface area contributed by atoms with Crippen LogP contribution in [0.2, 0.25) is 0 Å². The summed E-state index contributed by atoms with van der Waals surface area (Å²) in [6, 6.07) is 10.6. The Labute approximate surface area is 148 Å². The summed E-state index contributed by atoms with van der Waals surface area (Å²) in [4.78, 5) is 24.7. The second kappa shape index (κ2) is 8.06. The van der Waals surface area contributed by atoms with Crippen molar-refractivity contribution in [3.63, 3.8) is 0 Å². The van der Waals surface area contributed by atoms with Crippen LogP contribution in [0.1, 0.15) is 41.0 Å². The summed E-state index contributed by atoms with van der Waals surface area (Å²) in [5.74, 6) is -1.11. The summed E-state index contributed by atoms with van der Waals surface area (Å²) < 4.78 is 13.5. The van der Waals surface area contributed by atoms with Gasteiger partial charge in [0.15, 0.2) is 0 Å². The fourth-order valence-corrected chi connectivity index (χ4v) is 2.59. The lowest BCUT2D eigenvalue weighted by Crippen LogP contribution is -2.32. The largest absolute Gasteiger partial charge is 0.350 e. The zero-order valence-electron chi connectivity index (χ0n) is 13.4. The maximum Gasteiger partial charge on any atom is 0.256 e. The van der Waals surface area contributed by atoms with Gasteiger partial charge in [0.05, 0.1) is 16.8 Å². The van der Waals surface area contributed by atoms with Crippen LogP contribution in [0.4, 0.5) is 10.1 Å². The summed E-state index contributed by atoms with van der Waals surface area (Å²) in [6.45, 7) is 3.89. The minimum atomic E-state index is -0.438. The van der Waals surface area contributed by atoms with E-state index >= 15 is 0 Å². The maximum absolute atomic E-state index is 13.1. The zero-order valence-corrected chi connectivity index (χ0v) is 15.0. The highest BCUT2D eigenvalue weighted by Crippen LogP contribution is 2.21. The predicted octanol–water partition coefficient (Wildman–Crippen LogP) is 4.37. The van der Waals surface area contributed by atoms with E-state index in [-0.39, 0.29) is 17.5 Å². The number of halogens is 2. The standard InChI is InChI=1S/C18H18BrFN2O2/c1-3-11(2)21-18(24)14-6-4-5-7-16(14)22-17(23)13-9-8-12(20)10-15(13)19/h4-11H,3H2,1-2H3,(H,21,24)(H,22,23). The zero-order chi connectivity index (χ0) is 17.7. The molecule has 6 heteroatoms. The highest BCUT2D eigenvalue weighted by atomic mass is 79.9. The molecule has 2 aromatic carbocycles. The van der Waals surface area contributed by atoms with Crippen LogP contribution in [-0.2, 0) is 0 Å². The fraction of sp³-hybridized carbons (Fsp3) is 0.222. The summed E-state index contributed by atoms with van der Waals surface area (Å²) in [6.07, 6.45) is 0.808. The van der Waals surface area contributed by atoms with Crippen molar-refractivity contribution < 1.29 is 14.0 Å². The van der Waals surface area contributed by atoms with E-state index in [1.807, 2.05) is 13.8 Å². The van der Waals surface area contributed by atoms with Crippen LogP contribution in [0, 0.1) is 5.82 Å². The minimum Gasteiger partial charge on any atom is -0.350 e. The molecule has 0 aliphatic heterocycles. The van der Waals surface area contributed by atoms with Gasteiger partial charge < -0.3 is 10.6 Å². The first-order chi connectivity index (χ1) is 11.4. The van der Waals surface area contributed by atoms with Crippen molar-refractivity contribution in [1.29, 1.82) is 0 Å². The second-order valence-electron chi connectivity index (χ2n) is 5.41. The van der Waals surface area contributed by atoms with Gasteiger partial charge in [0.25, 0.3) is 11.8 Å². The minimum absolute atomic E-state index is 0.0347. The highest BCUT2D eigenvalue weighted by molar-refractivity contribution is 9.10. The molecule has 0 bridgehead atoms. The lowest BCUT2D eigenvalue weighted by atomic mass is 10.1. The van der Waals surface area contributed by atoms with Crippen LogP contribution < -0.4 is 10.6 Å². The van der Waals surface area contributed by atoms with E-state index in [0.29, 0.717) is 15.7 Å². The number of anilines is 1. The Hall–Kier alpha value is -2.21. The molecule has 0 heterocycles. The normalized spacial score (nSPS) is 11.7. The number of amides is 2. The van der Waals surface area contributed by atoms with Crippen LogP contribution in [0.15, 0.2) is 46.9 Å². The molecule has 2 aromatic rings. The monoisotopic (exact) mass is 392 g/mol. The molecular formula is C18H18BrFN2O2. The van der Waals surface area contributed by atoms with Gasteiger partial charge in [-0.15, -0.1) is 0 Å². The van der Waals surface area contributed by atoms with Crippen LogP contribution >= 0.6 is 15.9 Å². The first-order valence-corrected chi connectivity index (χ1v) is 8.38. The lowest BCUT2D eigenvalue weighted by Gasteiger charge is -2.15. The Morgan fingerprint density at radius 3 is 2.50 bits per heavy atom. The molecule has 2 amide bonds. The third-order valence-corrected chi connectivity index (χ3v) is 4.24. The lowest BCUT2D eigenvalue weighted by molar-refractivity contribution is 0.0940. The quantitative estimate of drug-likeness (QED) is 0.793. The molecule has 0 fully saturated rings. The Morgan fingerprint density at radius 2 is 1.83 bits per heavy atom. The molecule has 1 atom stereocenters. The van der Waals surface area contributed by atoms with Gasteiger partial charge in [0.2, 0.25) is 0 Å². The van der Waals surface area contributed by atoms with Crippen LogP contribution in [0.5, 0.6) is 0 Å². The van der Waals surface area contributed by atoms with Gasteiger partial charge in [-0.25, -0.2) is 4.39 Å². The van der Waals surface area contributed by atoms with Gasteiger partial charge in [-0.3, -0.25) is 9.59 Å². The van der Waals surface area contributed by atoms with E-state index in [1.165, 1.54) is 18.2 Å². The highest BCUT2D eigenvalue weighted by Gasteiger charge is 2.16. The van der Waals surface area contributed by atoms with Crippen molar-refractivity contribution in [2.45, 2.75) is 26.3 Å². The van der Waals surface area contributed by atoms with Gasteiger partial charge in [-0.1, -0.05) is 19.1 Å². The van der Waals surface area contributed by atoms with Gasteiger partial charge >= 0.3 is 0 Å². The first kappa shape index (κ1) is 18.1. The molecule has 2 N–H and O–H groups in total. The molecular weight excluding hydrogens is 375 g/mol. The molecule has 0 spiro atoms. The van der Waals surface area contributed by atoms with Crippen LogP contribution in [0.3, 0.4) is 0 Å². The van der Waals surface area contributed by atoms with Crippen molar-refractivity contribution in [3.05, 3.63) is 63.9 Å². The van der Waals surface area contributed by atoms with Gasteiger partial charge in [-0.05, 0) is 59.6 Å². The number of carbonyl (C=O) groups excluding carboxylic acids is 2. The number of nitrogens with one attached hydrogen (secondary N) is 2. The molecule has 0 aromatic heterocycles. The van der Waals surface area contributed by atoms with E-state index in [1.54, 1.807) is 24.3 Å². The molecule has 0 saturated carbocycles. The number of hydrogen-bond acceptors (Lipinski definition) is 2. The van der Waals surface area contributed by atoms with E-state index in [4.69, 9.17) is 0 Å². The summed E-state index contributed by atoms with van der Waals surface area (Å²) in [5.41, 5.74) is 1.07. The van der Waals surface area contributed by atoms with Gasteiger partial charge in [0, 0.05) is 10.5 Å². The van der Waals surface area contributed by atoms with Gasteiger partial charge in [-0.2, -0.15) is 0 Å². The number of carbonyl (C=O) groups is 2. The maximum atomic E-state index is 13.1. The summed E-state index contributed by atoms with van der Waals surface area (Å²) >= 11 is 3.17. The van der Waals surface area contributed by atoms with Crippen molar-refractivity contribution in [1.82, 2.24) is 5.32 Å². The molecule has 4 nitrogen and oxygen atoms in total.